The SMILES string of the molecule is CCC(=N)CN1CC(O)C1. The zero-order chi connectivity index (χ0) is 7.56. The number of β-amino-alcohol motifs (C(OH)–C–C–N with tert-alkyl or cyclic N) is 1. The van der Waals surface area contributed by atoms with E-state index in [0.29, 0.717) is 0 Å². The van der Waals surface area contributed by atoms with Crippen LogP contribution in [0.15, 0.2) is 0 Å². The molecule has 10 heavy (non-hydrogen) atoms. The lowest BCUT2D eigenvalue weighted by Crippen LogP contribution is -2.52. The van der Waals surface area contributed by atoms with Gasteiger partial charge in [-0.05, 0) is 6.42 Å². The molecule has 1 heterocycles. The van der Waals surface area contributed by atoms with Gasteiger partial charge in [0.1, 0.15) is 0 Å². The van der Waals surface area contributed by atoms with Crippen LogP contribution in [0.1, 0.15) is 13.3 Å². The van der Waals surface area contributed by atoms with Crippen molar-refractivity contribution in [2.24, 2.45) is 0 Å². The van der Waals surface area contributed by atoms with Gasteiger partial charge in [-0.25, -0.2) is 0 Å². The summed E-state index contributed by atoms with van der Waals surface area (Å²) in [7, 11) is 0. The van der Waals surface area contributed by atoms with Crippen molar-refractivity contribution >= 4 is 5.71 Å². The number of rotatable bonds is 3. The molecule has 0 bridgehead atoms. The van der Waals surface area contributed by atoms with Crippen LogP contribution in [0, 0.1) is 5.41 Å². The third kappa shape index (κ3) is 1.78. The molecule has 0 aromatic rings. The standard InChI is InChI=1S/C7H14N2O/c1-2-6(8)3-9-4-7(10)5-9/h7-8,10H,2-5H2,1H3. The van der Waals surface area contributed by atoms with E-state index in [9.17, 15) is 0 Å². The largest absolute Gasteiger partial charge is 0.390 e. The molecule has 3 nitrogen and oxygen atoms in total. The lowest BCUT2D eigenvalue weighted by Gasteiger charge is -2.35. The van der Waals surface area contributed by atoms with Crippen LogP contribution < -0.4 is 0 Å². The number of hydrogen-bond acceptors (Lipinski definition) is 3. The monoisotopic (exact) mass is 142 g/mol. The van der Waals surface area contributed by atoms with Gasteiger partial charge in [0.2, 0.25) is 0 Å². The highest BCUT2D eigenvalue weighted by molar-refractivity contribution is 5.83. The van der Waals surface area contributed by atoms with Crippen molar-refractivity contribution in [3.05, 3.63) is 0 Å². The second-order valence-electron chi connectivity index (χ2n) is 2.81. The first-order chi connectivity index (χ1) is 4.72. The summed E-state index contributed by atoms with van der Waals surface area (Å²) in [4.78, 5) is 2.08. The van der Waals surface area contributed by atoms with E-state index < -0.39 is 0 Å². The third-order valence-corrected chi connectivity index (χ3v) is 1.78. The predicted octanol–water partition coefficient (Wildman–Crippen LogP) is 0.0927. The van der Waals surface area contributed by atoms with Crippen molar-refractivity contribution in [2.75, 3.05) is 19.6 Å². The number of nitrogens with zero attached hydrogens (tertiary/aromatic N) is 1. The minimum absolute atomic E-state index is 0.135. The van der Waals surface area contributed by atoms with Crippen LogP contribution in [0.5, 0.6) is 0 Å². The normalized spacial score (nSPS) is 20.6. The molecule has 0 aliphatic carbocycles. The summed E-state index contributed by atoms with van der Waals surface area (Å²) in [5.41, 5.74) is 0.756. The maximum Gasteiger partial charge on any atom is 0.0794 e. The third-order valence-electron chi connectivity index (χ3n) is 1.78. The van der Waals surface area contributed by atoms with Crippen LogP contribution >= 0.6 is 0 Å². The Balaban J connectivity index is 2.10. The van der Waals surface area contributed by atoms with E-state index in [1.807, 2.05) is 6.92 Å². The quantitative estimate of drug-likeness (QED) is 0.549. The van der Waals surface area contributed by atoms with E-state index in [2.05, 4.69) is 4.90 Å². The minimum Gasteiger partial charge on any atom is -0.390 e. The molecule has 0 spiro atoms. The molecule has 0 aromatic heterocycles. The fraction of sp³-hybridized carbons (Fsp3) is 0.857. The predicted molar refractivity (Wildman–Crippen MR) is 40.5 cm³/mol. The maximum atomic E-state index is 8.89. The summed E-state index contributed by atoms with van der Waals surface area (Å²) >= 11 is 0. The average molecular weight is 142 g/mol. The molecule has 0 unspecified atom stereocenters. The number of likely N-dealkylation sites (tertiary alicyclic amines) is 1. The molecule has 0 radical (unpaired) electrons. The molecule has 3 heteroatoms. The highest BCUT2D eigenvalue weighted by Crippen LogP contribution is 2.06. The molecule has 2 N–H and O–H groups in total. The van der Waals surface area contributed by atoms with Crippen molar-refractivity contribution in [3.63, 3.8) is 0 Å². The van der Waals surface area contributed by atoms with Crippen LogP contribution in [0.25, 0.3) is 0 Å². The Morgan fingerprint density at radius 2 is 2.30 bits per heavy atom. The summed E-state index contributed by atoms with van der Waals surface area (Å²) in [6.07, 6.45) is 0.691. The van der Waals surface area contributed by atoms with E-state index in [1.54, 1.807) is 0 Å². The number of aliphatic hydroxyl groups excluding tert-OH is 1. The lowest BCUT2D eigenvalue weighted by molar-refractivity contribution is 0.0121. The molecule has 58 valence electrons. The van der Waals surface area contributed by atoms with Crippen molar-refractivity contribution in [3.8, 4) is 0 Å². The van der Waals surface area contributed by atoms with E-state index >= 15 is 0 Å². The first-order valence-electron chi connectivity index (χ1n) is 3.69. The van der Waals surface area contributed by atoms with Crippen LogP contribution in [0.4, 0.5) is 0 Å². The number of nitrogens with one attached hydrogen (secondary N) is 1. The summed E-state index contributed by atoms with van der Waals surface area (Å²) in [5.74, 6) is 0. The summed E-state index contributed by atoms with van der Waals surface area (Å²) < 4.78 is 0. The first kappa shape index (κ1) is 7.69. The van der Waals surface area contributed by atoms with Crippen molar-refractivity contribution in [2.45, 2.75) is 19.4 Å². The van der Waals surface area contributed by atoms with Crippen LogP contribution in [-0.4, -0.2) is 41.5 Å². The highest BCUT2D eigenvalue weighted by atomic mass is 16.3. The van der Waals surface area contributed by atoms with Gasteiger partial charge >= 0.3 is 0 Å². The highest BCUT2D eigenvalue weighted by Gasteiger charge is 2.23. The van der Waals surface area contributed by atoms with Crippen LogP contribution in [-0.2, 0) is 0 Å². The summed E-state index contributed by atoms with van der Waals surface area (Å²) in [5, 5.41) is 16.2. The van der Waals surface area contributed by atoms with Crippen LogP contribution in [0.2, 0.25) is 0 Å². The molecular weight excluding hydrogens is 128 g/mol. The smallest absolute Gasteiger partial charge is 0.0794 e. The molecule has 0 saturated carbocycles. The second-order valence-corrected chi connectivity index (χ2v) is 2.81. The zero-order valence-electron chi connectivity index (χ0n) is 6.30. The Hall–Kier alpha value is -0.410. The van der Waals surface area contributed by atoms with E-state index in [4.69, 9.17) is 10.5 Å². The molecule has 1 rings (SSSR count). The van der Waals surface area contributed by atoms with Gasteiger partial charge in [0, 0.05) is 25.3 Å². The van der Waals surface area contributed by atoms with Crippen molar-refractivity contribution < 1.29 is 5.11 Å². The molecule has 1 aliphatic rings. The minimum atomic E-state index is -0.135. The lowest BCUT2D eigenvalue weighted by atomic mass is 10.1. The number of aliphatic hydroxyl groups is 1. The Kier molecular flexibility index (Phi) is 2.40. The Bertz CT molecular complexity index is 130. The van der Waals surface area contributed by atoms with Gasteiger partial charge in [-0.3, -0.25) is 4.90 Å². The fourth-order valence-electron chi connectivity index (χ4n) is 1.05. The molecule has 0 atom stereocenters. The van der Waals surface area contributed by atoms with Crippen molar-refractivity contribution in [1.82, 2.24) is 4.90 Å². The van der Waals surface area contributed by atoms with Gasteiger partial charge in [-0.2, -0.15) is 0 Å². The Morgan fingerprint density at radius 3 is 2.70 bits per heavy atom. The Morgan fingerprint density at radius 1 is 1.70 bits per heavy atom. The number of hydrogen-bond donors (Lipinski definition) is 2. The molecular formula is C7H14N2O. The van der Waals surface area contributed by atoms with Crippen molar-refractivity contribution in [1.29, 1.82) is 5.41 Å². The maximum absolute atomic E-state index is 8.89. The summed E-state index contributed by atoms with van der Waals surface area (Å²) in [6, 6.07) is 0. The molecule has 1 fully saturated rings. The van der Waals surface area contributed by atoms with Gasteiger partial charge in [-0.15, -0.1) is 0 Å². The van der Waals surface area contributed by atoms with Crippen LogP contribution in [0.3, 0.4) is 0 Å². The van der Waals surface area contributed by atoms with Gasteiger partial charge in [0.25, 0.3) is 0 Å². The molecule has 1 saturated heterocycles. The van der Waals surface area contributed by atoms with Gasteiger partial charge in [0.05, 0.1) is 6.10 Å². The van der Waals surface area contributed by atoms with Gasteiger partial charge in [-0.1, -0.05) is 6.92 Å². The van der Waals surface area contributed by atoms with E-state index in [0.717, 1.165) is 31.8 Å². The van der Waals surface area contributed by atoms with Gasteiger partial charge < -0.3 is 10.5 Å². The molecule has 1 aliphatic heterocycles. The average Bonchev–Trinajstić information content (AvgIpc) is 1.84. The van der Waals surface area contributed by atoms with E-state index in [1.165, 1.54) is 0 Å². The topological polar surface area (TPSA) is 47.3 Å². The zero-order valence-corrected chi connectivity index (χ0v) is 6.30. The van der Waals surface area contributed by atoms with Gasteiger partial charge in [0.15, 0.2) is 0 Å². The summed E-state index contributed by atoms with van der Waals surface area (Å²) in [6.45, 7) is 4.23. The fourth-order valence-corrected chi connectivity index (χ4v) is 1.05. The molecule has 0 aromatic carbocycles. The first-order valence-corrected chi connectivity index (χ1v) is 3.69. The molecule has 0 amide bonds. The second kappa shape index (κ2) is 3.12. The Labute approximate surface area is 61.2 Å². The van der Waals surface area contributed by atoms with E-state index in [-0.39, 0.29) is 6.10 Å².